The number of benzene rings is 1. The maximum Gasteiger partial charge on any atom is 0.136 e. The van der Waals surface area contributed by atoms with Crippen molar-refractivity contribution in [3.8, 4) is 0 Å². The van der Waals surface area contributed by atoms with Gasteiger partial charge in [0.25, 0.3) is 0 Å². The fraction of sp³-hybridized carbons (Fsp3) is 0.615. The SMILES string of the molecule is C=C(c1cc2n(n1)CCCN(c1nc(CCC34CCCN3CCC4)nc3c1CCC(C)(CCC(C)c1ccc(N)cc1)C3)C2)N(C)C. The summed E-state index contributed by atoms with van der Waals surface area (Å²) in [4.78, 5) is 18.3. The van der Waals surface area contributed by atoms with E-state index >= 15 is 0 Å². The first kappa shape index (κ1) is 32.2. The molecule has 0 radical (unpaired) electrons. The molecule has 2 aromatic heterocycles. The standard InChI is InChI=1S/C39H56N8/c1-28(30-9-11-31(40)12-10-30)13-18-38(3)19-14-33-35(26-38)41-36(15-20-39-16-6-22-46(39)23-7-17-39)42-37(33)45-21-8-24-47-32(27-45)25-34(43-47)29(2)44(4)5/h9-12,25,28H,2,6-8,13-24,26-27,40H2,1,3-5H3. The Kier molecular flexibility index (Phi) is 8.83. The van der Waals surface area contributed by atoms with Crippen molar-refractivity contribution < 1.29 is 0 Å². The molecule has 7 rings (SSSR count). The van der Waals surface area contributed by atoms with E-state index in [-0.39, 0.29) is 5.41 Å². The summed E-state index contributed by atoms with van der Waals surface area (Å²) in [5, 5.41) is 4.95. The lowest BCUT2D eigenvalue weighted by atomic mass is 9.70. The molecule has 2 N–H and O–H groups in total. The molecule has 2 fully saturated rings. The van der Waals surface area contributed by atoms with E-state index in [1.165, 1.54) is 92.8 Å². The molecule has 3 aliphatic heterocycles. The van der Waals surface area contributed by atoms with Gasteiger partial charge in [0.05, 0.1) is 17.9 Å². The summed E-state index contributed by atoms with van der Waals surface area (Å²) in [6.07, 6.45) is 14.2. The molecule has 0 spiro atoms. The average molecular weight is 637 g/mol. The van der Waals surface area contributed by atoms with Crippen molar-refractivity contribution in [2.45, 2.75) is 115 Å². The van der Waals surface area contributed by atoms with E-state index in [1.54, 1.807) is 0 Å². The van der Waals surface area contributed by atoms with Crippen molar-refractivity contribution in [2.75, 3.05) is 44.4 Å². The molecule has 1 aromatic carbocycles. The summed E-state index contributed by atoms with van der Waals surface area (Å²) >= 11 is 0. The van der Waals surface area contributed by atoms with Gasteiger partial charge in [0.1, 0.15) is 17.3 Å². The zero-order valence-electron chi connectivity index (χ0n) is 29.4. The lowest BCUT2D eigenvalue weighted by Crippen LogP contribution is -2.38. The Morgan fingerprint density at radius 3 is 2.51 bits per heavy atom. The molecule has 0 bridgehead atoms. The monoisotopic (exact) mass is 636 g/mol. The van der Waals surface area contributed by atoms with Crippen LogP contribution in [0.5, 0.6) is 0 Å². The van der Waals surface area contributed by atoms with E-state index in [0.717, 1.165) is 68.2 Å². The van der Waals surface area contributed by atoms with Gasteiger partial charge < -0.3 is 15.5 Å². The highest BCUT2D eigenvalue weighted by atomic mass is 15.3. The number of aromatic nitrogens is 4. The van der Waals surface area contributed by atoms with E-state index in [2.05, 4.69) is 58.0 Å². The van der Waals surface area contributed by atoms with Crippen LogP contribution in [0.2, 0.25) is 0 Å². The molecule has 5 heterocycles. The van der Waals surface area contributed by atoms with Crippen molar-refractivity contribution in [2.24, 2.45) is 5.41 Å². The third-order valence-corrected chi connectivity index (χ3v) is 12.2. The van der Waals surface area contributed by atoms with E-state index in [9.17, 15) is 0 Å². The van der Waals surface area contributed by atoms with E-state index in [0.29, 0.717) is 11.5 Å². The van der Waals surface area contributed by atoms with Crippen LogP contribution in [0.4, 0.5) is 11.5 Å². The second-order valence-electron chi connectivity index (χ2n) is 15.8. The number of nitrogens with zero attached hydrogens (tertiary/aromatic N) is 7. The molecule has 2 saturated heterocycles. The maximum atomic E-state index is 5.97. The molecule has 2 unspecified atom stereocenters. The average Bonchev–Trinajstić information content (AvgIpc) is 3.73. The van der Waals surface area contributed by atoms with Gasteiger partial charge in [-0.3, -0.25) is 9.58 Å². The zero-order chi connectivity index (χ0) is 32.8. The number of anilines is 2. The van der Waals surface area contributed by atoms with Gasteiger partial charge in [-0.1, -0.05) is 32.6 Å². The predicted octanol–water partition coefficient (Wildman–Crippen LogP) is 6.84. The van der Waals surface area contributed by atoms with Crippen LogP contribution in [0.15, 0.2) is 36.9 Å². The fourth-order valence-corrected chi connectivity index (χ4v) is 9.02. The van der Waals surface area contributed by atoms with Crippen molar-refractivity contribution in [3.05, 3.63) is 70.9 Å². The first-order valence-electron chi connectivity index (χ1n) is 18.3. The van der Waals surface area contributed by atoms with E-state index in [4.69, 9.17) is 20.8 Å². The number of fused-ring (bicyclic) bond motifs is 3. The normalized spacial score (nSPS) is 22.8. The van der Waals surface area contributed by atoms with Crippen molar-refractivity contribution in [3.63, 3.8) is 0 Å². The number of nitrogen functional groups attached to an aromatic ring is 1. The largest absolute Gasteiger partial charge is 0.399 e. The maximum absolute atomic E-state index is 5.97. The van der Waals surface area contributed by atoms with Crippen molar-refractivity contribution in [1.82, 2.24) is 29.5 Å². The Balaban J connectivity index is 1.16. The topological polar surface area (TPSA) is 79.3 Å². The molecule has 2 atom stereocenters. The second-order valence-corrected chi connectivity index (χ2v) is 15.8. The quantitative estimate of drug-likeness (QED) is 0.244. The highest BCUT2D eigenvalue weighted by molar-refractivity contribution is 5.59. The Hall–Kier alpha value is -3.39. The van der Waals surface area contributed by atoms with Gasteiger partial charge in [0, 0.05) is 56.1 Å². The molecule has 8 nitrogen and oxygen atoms in total. The molecule has 4 aliphatic rings. The van der Waals surface area contributed by atoms with Crippen molar-refractivity contribution in [1.29, 1.82) is 0 Å². The smallest absolute Gasteiger partial charge is 0.136 e. The van der Waals surface area contributed by atoms with Gasteiger partial charge in [0.15, 0.2) is 0 Å². The van der Waals surface area contributed by atoms with Gasteiger partial charge in [0.2, 0.25) is 0 Å². The first-order valence-corrected chi connectivity index (χ1v) is 18.3. The Labute approximate surface area is 282 Å². The number of hydrogen-bond acceptors (Lipinski definition) is 7. The molecular weight excluding hydrogens is 580 g/mol. The minimum Gasteiger partial charge on any atom is -0.399 e. The Morgan fingerprint density at radius 2 is 1.77 bits per heavy atom. The minimum absolute atomic E-state index is 0.239. The van der Waals surface area contributed by atoms with Crippen LogP contribution in [0, 0.1) is 5.41 Å². The van der Waals surface area contributed by atoms with Crippen LogP contribution in [0.3, 0.4) is 0 Å². The summed E-state index contributed by atoms with van der Waals surface area (Å²) < 4.78 is 2.20. The summed E-state index contributed by atoms with van der Waals surface area (Å²) in [5.41, 5.74) is 14.7. The van der Waals surface area contributed by atoms with Gasteiger partial charge >= 0.3 is 0 Å². The molecule has 1 aliphatic carbocycles. The third kappa shape index (κ3) is 6.55. The van der Waals surface area contributed by atoms with Crippen LogP contribution in [-0.4, -0.2) is 68.8 Å². The highest BCUT2D eigenvalue weighted by Crippen LogP contribution is 2.44. The molecule has 47 heavy (non-hydrogen) atoms. The highest BCUT2D eigenvalue weighted by Gasteiger charge is 2.44. The van der Waals surface area contributed by atoms with Gasteiger partial charge in [-0.2, -0.15) is 5.10 Å². The summed E-state index contributed by atoms with van der Waals surface area (Å²) in [5.74, 6) is 2.77. The minimum atomic E-state index is 0.239. The summed E-state index contributed by atoms with van der Waals surface area (Å²) in [6.45, 7) is 14.4. The van der Waals surface area contributed by atoms with Crippen LogP contribution in [0.1, 0.15) is 112 Å². The van der Waals surface area contributed by atoms with Gasteiger partial charge in [-0.05, 0) is 119 Å². The molecule has 3 aromatic rings. The molecule has 0 saturated carbocycles. The molecule has 8 heteroatoms. The van der Waals surface area contributed by atoms with Crippen LogP contribution in [-0.2, 0) is 32.4 Å². The zero-order valence-corrected chi connectivity index (χ0v) is 29.4. The van der Waals surface area contributed by atoms with Crippen LogP contribution < -0.4 is 10.6 Å². The van der Waals surface area contributed by atoms with E-state index in [1.807, 2.05) is 26.2 Å². The number of hydrogen-bond donors (Lipinski definition) is 1. The number of nitrogens with two attached hydrogens (primary N) is 1. The van der Waals surface area contributed by atoms with Crippen LogP contribution >= 0.6 is 0 Å². The molecule has 0 amide bonds. The van der Waals surface area contributed by atoms with E-state index < -0.39 is 0 Å². The Bertz CT molecular complexity index is 1580. The second kappa shape index (κ2) is 12.9. The van der Waals surface area contributed by atoms with Gasteiger partial charge in [-0.15, -0.1) is 0 Å². The Morgan fingerprint density at radius 1 is 1.00 bits per heavy atom. The first-order chi connectivity index (χ1) is 22.6. The predicted molar refractivity (Wildman–Crippen MR) is 192 cm³/mol. The lowest BCUT2D eigenvalue weighted by Gasteiger charge is -2.37. The fourth-order valence-electron chi connectivity index (χ4n) is 9.02. The number of rotatable bonds is 10. The molecular formula is C39H56N8. The van der Waals surface area contributed by atoms with Crippen LogP contribution in [0.25, 0.3) is 5.70 Å². The number of aryl methyl sites for hydroxylation is 2. The molecule has 252 valence electrons. The van der Waals surface area contributed by atoms with Gasteiger partial charge in [-0.25, -0.2) is 9.97 Å². The summed E-state index contributed by atoms with van der Waals surface area (Å²) in [6, 6.07) is 10.7. The third-order valence-electron chi connectivity index (χ3n) is 12.2. The lowest BCUT2D eigenvalue weighted by molar-refractivity contribution is 0.181. The van der Waals surface area contributed by atoms with Crippen molar-refractivity contribution >= 4 is 17.2 Å². The summed E-state index contributed by atoms with van der Waals surface area (Å²) in [7, 11) is 4.08.